The van der Waals surface area contributed by atoms with Gasteiger partial charge in [0, 0.05) is 5.56 Å². The molecule has 0 unspecified atom stereocenters. The van der Waals surface area contributed by atoms with Gasteiger partial charge in [-0.25, -0.2) is 0 Å². The summed E-state index contributed by atoms with van der Waals surface area (Å²) in [7, 11) is 0. The number of carbonyl (C=O) groups is 2. The molecular formula is C12H8N2O3. The van der Waals surface area contributed by atoms with Gasteiger partial charge in [-0.3, -0.25) is 9.59 Å². The van der Waals surface area contributed by atoms with Crippen LogP contribution in [0.2, 0.25) is 0 Å². The van der Waals surface area contributed by atoms with Crippen LogP contribution in [0.3, 0.4) is 0 Å². The van der Waals surface area contributed by atoms with Crippen LogP contribution in [0, 0.1) is 0 Å². The number of ketones is 2. The van der Waals surface area contributed by atoms with E-state index in [9.17, 15) is 9.59 Å². The summed E-state index contributed by atoms with van der Waals surface area (Å²) >= 11 is 0. The Bertz CT molecular complexity index is 596. The Morgan fingerprint density at radius 2 is 2.24 bits per heavy atom. The van der Waals surface area contributed by atoms with Crippen molar-refractivity contribution in [1.82, 2.24) is 0 Å². The topological polar surface area (TPSA) is 79.8 Å². The Labute approximate surface area is 96.6 Å². The third-order valence-electron chi connectivity index (χ3n) is 3.11. The molecule has 3 rings (SSSR count). The lowest BCUT2D eigenvalue weighted by molar-refractivity contribution is 0.00234. The number of carbonyl (C=O) groups excluding carboxylic acids is 2. The third kappa shape index (κ3) is 1.33. The largest absolute Gasteiger partial charge is 0.478 e. The van der Waals surface area contributed by atoms with E-state index in [1.54, 1.807) is 12.1 Å². The van der Waals surface area contributed by atoms with Crippen LogP contribution in [0.4, 0.5) is 0 Å². The Morgan fingerprint density at radius 1 is 1.47 bits per heavy atom. The average Bonchev–Trinajstić information content (AvgIpc) is 3.04. The molecule has 1 saturated carbocycles. The van der Waals surface area contributed by atoms with Gasteiger partial charge in [0.2, 0.25) is 5.78 Å². The van der Waals surface area contributed by atoms with Crippen molar-refractivity contribution < 1.29 is 19.1 Å². The number of ether oxygens (including phenoxy) is 1. The van der Waals surface area contributed by atoms with E-state index in [-0.39, 0.29) is 5.78 Å². The fourth-order valence-electron chi connectivity index (χ4n) is 2.02. The van der Waals surface area contributed by atoms with Gasteiger partial charge in [-0.2, -0.15) is 4.79 Å². The fourth-order valence-corrected chi connectivity index (χ4v) is 2.02. The van der Waals surface area contributed by atoms with Gasteiger partial charge in [0.15, 0.2) is 5.60 Å². The van der Waals surface area contributed by atoms with Crippen molar-refractivity contribution in [2.45, 2.75) is 18.4 Å². The number of rotatable bonds is 2. The predicted octanol–water partition coefficient (Wildman–Crippen LogP) is 1.28. The van der Waals surface area contributed by atoms with Crippen molar-refractivity contribution in [2.75, 3.05) is 0 Å². The smallest absolute Gasteiger partial charge is 0.328 e. The van der Waals surface area contributed by atoms with E-state index in [2.05, 4.69) is 4.79 Å². The number of hydrogen-bond donors (Lipinski definition) is 0. The highest BCUT2D eigenvalue weighted by Gasteiger charge is 2.57. The number of benzene rings is 1. The van der Waals surface area contributed by atoms with Crippen LogP contribution in [0.15, 0.2) is 18.2 Å². The maximum atomic E-state index is 12.0. The van der Waals surface area contributed by atoms with Crippen molar-refractivity contribution in [1.29, 1.82) is 0 Å². The number of fused-ring (bicyclic) bond motifs is 1. The van der Waals surface area contributed by atoms with Gasteiger partial charge in [-0.05, 0) is 31.0 Å². The highest BCUT2D eigenvalue weighted by molar-refractivity contribution is 6.33. The van der Waals surface area contributed by atoms with Gasteiger partial charge in [0.1, 0.15) is 5.75 Å². The van der Waals surface area contributed by atoms with Crippen LogP contribution in [0.5, 0.6) is 5.75 Å². The predicted molar refractivity (Wildman–Crippen MR) is 57.4 cm³/mol. The fraction of sp³-hybridized carbons (Fsp3) is 0.250. The highest BCUT2D eigenvalue weighted by Crippen LogP contribution is 2.49. The van der Waals surface area contributed by atoms with Crippen molar-refractivity contribution in [2.24, 2.45) is 0 Å². The van der Waals surface area contributed by atoms with Crippen LogP contribution in [0.25, 0.3) is 5.53 Å². The van der Waals surface area contributed by atoms with Crippen molar-refractivity contribution in [3.8, 4) is 5.75 Å². The first-order valence-corrected chi connectivity index (χ1v) is 5.26. The second-order valence-electron chi connectivity index (χ2n) is 4.25. The second-order valence-corrected chi connectivity index (χ2v) is 4.25. The molecule has 0 saturated heterocycles. The molecule has 5 nitrogen and oxygen atoms in total. The normalized spacial score (nSPS) is 18.2. The lowest BCUT2D eigenvalue weighted by atomic mass is 10.0. The second kappa shape index (κ2) is 3.12. The van der Waals surface area contributed by atoms with E-state index in [1.165, 1.54) is 6.07 Å². The number of Topliss-reactive ketones (excluding diaryl/α,β-unsaturated/α-hetero) is 2. The Kier molecular flexibility index (Phi) is 1.82. The van der Waals surface area contributed by atoms with Crippen LogP contribution in [0.1, 0.15) is 33.6 Å². The summed E-state index contributed by atoms with van der Waals surface area (Å²) in [5.41, 5.74) is 8.41. The summed E-state index contributed by atoms with van der Waals surface area (Å²) in [6.45, 7) is 0. The molecule has 1 spiro atoms. The molecule has 1 fully saturated rings. The molecule has 1 heterocycles. The molecule has 84 valence electrons. The molecule has 1 aliphatic carbocycles. The molecule has 0 N–H and O–H groups in total. The van der Waals surface area contributed by atoms with Crippen LogP contribution < -0.4 is 4.74 Å². The van der Waals surface area contributed by atoms with Crippen LogP contribution in [-0.2, 0) is 0 Å². The van der Waals surface area contributed by atoms with Crippen LogP contribution in [-0.4, -0.2) is 28.2 Å². The van der Waals surface area contributed by atoms with Crippen molar-refractivity contribution in [3.63, 3.8) is 0 Å². The van der Waals surface area contributed by atoms with E-state index >= 15 is 0 Å². The molecule has 1 aliphatic heterocycles. The molecule has 17 heavy (non-hydrogen) atoms. The average molecular weight is 228 g/mol. The Hall–Kier alpha value is -2.26. The maximum absolute atomic E-state index is 12.0. The lowest BCUT2D eigenvalue weighted by Crippen LogP contribution is -2.21. The molecule has 0 amide bonds. The van der Waals surface area contributed by atoms with E-state index < -0.39 is 11.4 Å². The van der Waals surface area contributed by atoms with Gasteiger partial charge >= 0.3 is 6.21 Å². The van der Waals surface area contributed by atoms with Crippen LogP contribution >= 0.6 is 0 Å². The van der Waals surface area contributed by atoms with Gasteiger partial charge in [-0.15, -0.1) is 0 Å². The minimum absolute atomic E-state index is 0.0527. The monoisotopic (exact) mass is 228 g/mol. The first kappa shape index (κ1) is 9.93. The molecule has 0 aromatic heterocycles. The van der Waals surface area contributed by atoms with E-state index in [0.717, 1.165) is 19.1 Å². The molecule has 0 radical (unpaired) electrons. The zero-order chi connectivity index (χ0) is 12.0. The summed E-state index contributed by atoms with van der Waals surface area (Å²) in [6.07, 6.45) is 2.28. The summed E-state index contributed by atoms with van der Waals surface area (Å²) in [5, 5.41) is 0. The molecule has 5 heteroatoms. The molecule has 1 aromatic carbocycles. The van der Waals surface area contributed by atoms with Gasteiger partial charge in [-0.1, -0.05) is 0 Å². The molecule has 1 aromatic rings. The van der Waals surface area contributed by atoms with Crippen molar-refractivity contribution >= 4 is 17.8 Å². The van der Waals surface area contributed by atoms with Gasteiger partial charge < -0.3 is 10.3 Å². The third-order valence-corrected chi connectivity index (χ3v) is 3.11. The molecule has 0 bridgehead atoms. The summed E-state index contributed by atoms with van der Waals surface area (Å²) < 4.78 is 5.57. The maximum Gasteiger partial charge on any atom is 0.328 e. The molecule has 0 atom stereocenters. The minimum Gasteiger partial charge on any atom is -0.478 e. The summed E-state index contributed by atoms with van der Waals surface area (Å²) in [4.78, 5) is 26.1. The van der Waals surface area contributed by atoms with E-state index in [0.29, 0.717) is 16.9 Å². The Morgan fingerprint density at radius 3 is 2.88 bits per heavy atom. The number of nitrogens with zero attached hydrogens (tertiary/aromatic N) is 2. The highest BCUT2D eigenvalue weighted by atomic mass is 16.5. The minimum atomic E-state index is -0.644. The number of hydrogen-bond acceptors (Lipinski definition) is 3. The van der Waals surface area contributed by atoms with Gasteiger partial charge in [0.25, 0.3) is 5.78 Å². The quantitative estimate of drug-likeness (QED) is 0.331. The first-order valence-electron chi connectivity index (χ1n) is 5.26. The summed E-state index contributed by atoms with van der Waals surface area (Å²) in [6, 6.07) is 4.66. The summed E-state index contributed by atoms with van der Waals surface area (Å²) in [5.74, 6) is 0.0351. The zero-order valence-corrected chi connectivity index (χ0v) is 8.84. The van der Waals surface area contributed by atoms with Crippen molar-refractivity contribution in [3.05, 3.63) is 34.9 Å². The lowest BCUT2D eigenvalue weighted by Gasteiger charge is -2.03. The SMILES string of the molecule is [N-]=[N+]=CC(=O)c1ccc2c(c1)C(=O)C1(CC1)O2. The molecular weight excluding hydrogens is 220 g/mol. The molecule has 2 aliphatic rings. The standard InChI is InChI=1S/C12H8N2O3/c13-14-6-9(15)7-1-2-10-8(5-7)11(16)12(17-10)3-4-12/h1-2,5-6H,3-4H2. The zero-order valence-electron chi connectivity index (χ0n) is 8.84. The Balaban J connectivity index is 2.04. The van der Waals surface area contributed by atoms with Gasteiger partial charge in [0.05, 0.1) is 5.56 Å². The van der Waals surface area contributed by atoms with E-state index in [1.807, 2.05) is 0 Å². The first-order chi connectivity index (χ1) is 8.16. The van der Waals surface area contributed by atoms with E-state index in [4.69, 9.17) is 10.3 Å².